The van der Waals surface area contributed by atoms with Gasteiger partial charge in [-0.1, -0.05) is 0 Å². The number of fused-ring (bicyclic) bond motifs is 1. The molecular weight excluding hydrogens is 264 g/mol. The van der Waals surface area contributed by atoms with Crippen molar-refractivity contribution in [1.29, 1.82) is 0 Å². The number of ether oxygens (including phenoxy) is 1. The van der Waals surface area contributed by atoms with Gasteiger partial charge in [0.15, 0.2) is 0 Å². The maximum absolute atomic E-state index is 12.1. The summed E-state index contributed by atoms with van der Waals surface area (Å²) < 4.78 is 7.44. The molecule has 0 saturated heterocycles. The molecule has 1 unspecified atom stereocenters. The predicted molar refractivity (Wildman–Crippen MR) is 76.8 cm³/mol. The van der Waals surface area contributed by atoms with E-state index in [0.29, 0.717) is 31.6 Å². The lowest BCUT2D eigenvalue weighted by Gasteiger charge is -2.13. The molecule has 0 aliphatic heterocycles. The lowest BCUT2D eigenvalue weighted by atomic mass is 10.3. The van der Waals surface area contributed by atoms with Gasteiger partial charge < -0.3 is 19.7 Å². The second kappa shape index (κ2) is 6.81. The van der Waals surface area contributed by atoms with Gasteiger partial charge in [0.05, 0.1) is 24.6 Å². The molecule has 2 N–H and O–H groups in total. The zero-order chi connectivity index (χ0) is 13.7. The molecule has 0 radical (unpaired) electrons. The van der Waals surface area contributed by atoms with Crippen LogP contribution in [0.25, 0.3) is 10.1 Å². The van der Waals surface area contributed by atoms with E-state index in [1.54, 1.807) is 29.2 Å². The Kier molecular flexibility index (Phi) is 5.09. The zero-order valence-electron chi connectivity index (χ0n) is 10.8. The summed E-state index contributed by atoms with van der Waals surface area (Å²) in [5, 5.41) is 15.6. The van der Waals surface area contributed by atoms with Crippen LogP contribution in [0.1, 0.15) is 0 Å². The van der Waals surface area contributed by atoms with Crippen LogP contribution in [0.2, 0.25) is 0 Å². The van der Waals surface area contributed by atoms with Crippen LogP contribution in [0, 0.1) is 0 Å². The summed E-state index contributed by atoms with van der Waals surface area (Å²) >= 11 is 1.55. The van der Waals surface area contributed by atoms with Crippen molar-refractivity contribution in [1.82, 2.24) is 9.88 Å². The molecule has 2 rings (SSSR count). The molecule has 0 saturated carbocycles. The van der Waals surface area contributed by atoms with Crippen molar-refractivity contribution in [3.8, 4) is 0 Å². The van der Waals surface area contributed by atoms with Crippen LogP contribution < -0.4 is 10.9 Å². The first-order chi connectivity index (χ1) is 9.22. The van der Waals surface area contributed by atoms with E-state index in [9.17, 15) is 9.90 Å². The highest BCUT2D eigenvalue weighted by molar-refractivity contribution is 7.17. The van der Waals surface area contributed by atoms with Crippen molar-refractivity contribution in [3.05, 3.63) is 34.1 Å². The van der Waals surface area contributed by atoms with Crippen LogP contribution in [0.3, 0.4) is 0 Å². The molecule has 0 aliphatic rings. The quantitative estimate of drug-likeness (QED) is 0.732. The summed E-state index contributed by atoms with van der Waals surface area (Å²) in [5.74, 6) is 0. The largest absolute Gasteiger partial charge is 0.390 e. The van der Waals surface area contributed by atoms with Crippen molar-refractivity contribution in [3.63, 3.8) is 0 Å². The van der Waals surface area contributed by atoms with Gasteiger partial charge in [0, 0.05) is 31.1 Å². The first-order valence-corrected chi connectivity index (χ1v) is 7.04. The molecule has 2 aromatic heterocycles. The third-order valence-electron chi connectivity index (χ3n) is 2.86. The average molecular weight is 282 g/mol. The van der Waals surface area contributed by atoms with Crippen LogP contribution in [-0.4, -0.2) is 42.6 Å². The minimum absolute atomic E-state index is 0.0466. The molecule has 5 nitrogen and oxygen atoms in total. The van der Waals surface area contributed by atoms with Crippen LogP contribution >= 0.6 is 11.3 Å². The van der Waals surface area contributed by atoms with Gasteiger partial charge in [-0.3, -0.25) is 4.79 Å². The van der Waals surface area contributed by atoms with Crippen molar-refractivity contribution in [2.24, 2.45) is 0 Å². The van der Waals surface area contributed by atoms with Crippen molar-refractivity contribution < 1.29 is 9.84 Å². The van der Waals surface area contributed by atoms with E-state index < -0.39 is 6.10 Å². The highest BCUT2D eigenvalue weighted by Gasteiger charge is 2.08. The molecule has 1 atom stereocenters. The minimum atomic E-state index is -0.592. The standard InChI is InChI=1S/C13H18N2O3S/c1-18-6-4-14-8-10(16)9-15-5-2-12-11(13(15)17)3-7-19-12/h2-3,5,7,10,14,16H,4,6,8-9H2,1H3. The molecule has 0 aromatic carbocycles. The number of nitrogens with zero attached hydrogens (tertiary/aromatic N) is 1. The van der Waals surface area contributed by atoms with Crippen LogP contribution in [-0.2, 0) is 11.3 Å². The molecule has 6 heteroatoms. The molecule has 0 spiro atoms. The molecule has 104 valence electrons. The van der Waals surface area contributed by atoms with Gasteiger partial charge in [0.2, 0.25) is 0 Å². The Morgan fingerprint density at radius 3 is 3.16 bits per heavy atom. The van der Waals surface area contributed by atoms with E-state index >= 15 is 0 Å². The van der Waals surface area contributed by atoms with E-state index in [1.165, 1.54) is 0 Å². The summed E-state index contributed by atoms with van der Waals surface area (Å²) in [4.78, 5) is 12.1. The number of hydrogen-bond donors (Lipinski definition) is 2. The molecular formula is C13H18N2O3S. The SMILES string of the molecule is COCCNCC(O)Cn1ccc2sccc2c1=O. The molecule has 0 fully saturated rings. The Labute approximate surface area is 115 Å². The van der Waals surface area contributed by atoms with Crippen LogP contribution in [0.4, 0.5) is 0 Å². The fourth-order valence-corrected chi connectivity index (χ4v) is 2.66. The van der Waals surface area contributed by atoms with Crippen molar-refractivity contribution in [2.75, 3.05) is 26.8 Å². The number of rotatable bonds is 7. The fraction of sp³-hybridized carbons (Fsp3) is 0.462. The fourth-order valence-electron chi connectivity index (χ4n) is 1.89. The van der Waals surface area contributed by atoms with Crippen molar-refractivity contribution in [2.45, 2.75) is 12.6 Å². The summed E-state index contributed by atoms with van der Waals surface area (Å²) in [5.41, 5.74) is -0.0466. The number of nitrogens with one attached hydrogen (secondary N) is 1. The van der Waals surface area contributed by atoms with Gasteiger partial charge in [-0.05, 0) is 17.5 Å². The van der Waals surface area contributed by atoms with E-state index in [4.69, 9.17) is 4.74 Å². The first-order valence-electron chi connectivity index (χ1n) is 6.16. The Bertz CT molecular complexity index is 579. The molecule has 0 amide bonds. The zero-order valence-corrected chi connectivity index (χ0v) is 11.7. The number of pyridine rings is 1. The van der Waals surface area contributed by atoms with Gasteiger partial charge >= 0.3 is 0 Å². The topological polar surface area (TPSA) is 63.5 Å². The molecule has 2 aromatic rings. The monoisotopic (exact) mass is 282 g/mol. The Hall–Kier alpha value is -1.21. The summed E-state index contributed by atoms with van der Waals surface area (Å²) in [6, 6.07) is 3.73. The van der Waals surface area contributed by atoms with Gasteiger partial charge in [0.1, 0.15) is 0 Å². The second-order valence-electron chi connectivity index (χ2n) is 4.32. The van der Waals surface area contributed by atoms with Crippen LogP contribution in [0.5, 0.6) is 0 Å². The lowest BCUT2D eigenvalue weighted by Crippen LogP contribution is -2.34. The third kappa shape index (κ3) is 3.63. The number of thiophene rings is 1. The molecule has 0 aliphatic carbocycles. The van der Waals surface area contributed by atoms with E-state index in [1.807, 2.05) is 17.5 Å². The molecule has 0 bridgehead atoms. The Balaban J connectivity index is 1.97. The number of aromatic nitrogens is 1. The normalized spacial score (nSPS) is 12.9. The van der Waals surface area contributed by atoms with Gasteiger partial charge in [-0.15, -0.1) is 11.3 Å². The smallest absolute Gasteiger partial charge is 0.259 e. The first kappa shape index (κ1) is 14.2. The van der Waals surface area contributed by atoms with Gasteiger partial charge in [0.25, 0.3) is 5.56 Å². The van der Waals surface area contributed by atoms with E-state index in [2.05, 4.69) is 5.32 Å². The minimum Gasteiger partial charge on any atom is -0.390 e. The van der Waals surface area contributed by atoms with E-state index in [-0.39, 0.29) is 5.56 Å². The maximum Gasteiger partial charge on any atom is 0.259 e. The summed E-state index contributed by atoms with van der Waals surface area (Å²) in [6.45, 7) is 2.03. The predicted octanol–water partition coefficient (Wildman–Crippen LogP) is 0.660. The summed E-state index contributed by atoms with van der Waals surface area (Å²) in [6.07, 6.45) is 1.14. The Morgan fingerprint density at radius 1 is 1.53 bits per heavy atom. The molecule has 19 heavy (non-hydrogen) atoms. The highest BCUT2D eigenvalue weighted by atomic mass is 32.1. The molecule has 2 heterocycles. The Morgan fingerprint density at radius 2 is 2.37 bits per heavy atom. The number of hydrogen-bond acceptors (Lipinski definition) is 5. The number of methoxy groups -OCH3 is 1. The van der Waals surface area contributed by atoms with Crippen LogP contribution in [0.15, 0.2) is 28.5 Å². The number of aliphatic hydroxyl groups is 1. The maximum atomic E-state index is 12.1. The van der Waals surface area contributed by atoms with Gasteiger partial charge in [-0.25, -0.2) is 0 Å². The third-order valence-corrected chi connectivity index (χ3v) is 3.74. The highest BCUT2D eigenvalue weighted by Crippen LogP contribution is 2.16. The number of aliphatic hydroxyl groups excluding tert-OH is 1. The van der Waals surface area contributed by atoms with Gasteiger partial charge in [-0.2, -0.15) is 0 Å². The van der Waals surface area contributed by atoms with Crippen molar-refractivity contribution >= 4 is 21.4 Å². The second-order valence-corrected chi connectivity index (χ2v) is 5.27. The lowest BCUT2D eigenvalue weighted by molar-refractivity contribution is 0.143. The van der Waals surface area contributed by atoms with E-state index in [0.717, 1.165) is 4.70 Å². The average Bonchev–Trinajstić information content (AvgIpc) is 2.87. The summed E-state index contributed by atoms with van der Waals surface area (Å²) in [7, 11) is 1.63.